The number of methoxy groups -OCH3 is 1. The number of halogens is 3. The number of anilines is 1. The van der Waals surface area contributed by atoms with Gasteiger partial charge in [-0.15, -0.1) is 0 Å². The van der Waals surface area contributed by atoms with Crippen LogP contribution in [0.1, 0.15) is 34.9 Å². The molecule has 0 aromatic heterocycles. The van der Waals surface area contributed by atoms with E-state index in [-0.39, 0.29) is 5.91 Å². The van der Waals surface area contributed by atoms with E-state index >= 15 is 0 Å². The summed E-state index contributed by atoms with van der Waals surface area (Å²) in [6.07, 6.45) is 0.314. The summed E-state index contributed by atoms with van der Waals surface area (Å²) in [5.74, 6) is 0.405. The average molecular weight is 530 g/mol. The van der Waals surface area contributed by atoms with Crippen molar-refractivity contribution in [2.24, 2.45) is 11.7 Å². The van der Waals surface area contributed by atoms with E-state index in [0.717, 1.165) is 31.5 Å². The van der Waals surface area contributed by atoms with Crippen LogP contribution in [0.15, 0.2) is 30.3 Å². The van der Waals surface area contributed by atoms with E-state index < -0.39 is 12.2 Å². The molecule has 8 nitrogen and oxygen atoms in total. The average Bonchev–Trinajstić information content (AvgIpc) is 2.81. The fourth-order valence-corrected chi connectivity index (χ4v) is 4.38. The van der Waals surface area contributed by atoms with Crippen molar-refractivity contribution < 1.29 is 19.1 Å². The highest BCUT2D eigenvalue weighted by molar-refractivity contribution is 6.42. The first-order valence-electron chi connectivity index (χ1n) is 10.7. The minimum Gasteiger partial charge on any atom is -0.496 e. The van der Waals surface area contributed by atoms with Crippen LogP contribution in [0.2, 0.25) is 15.1 Å². The monoisotopic (exact) mass is 528 g/mol. The molecule has 3 rings (SSSR count). The number of nitrogen functional groups attached to an aromatic ring is 1. The van der Waals surface area contributed by atoms with Gasteiger partial charge in [-0.05, 0) is 55.6 Å². The normalized spacial score (nSPS) is 15.5. The number of benzene rings is 2. The molecule has 2 aromatic carbocycles. The maximum Gasteiger partial charge on any atom is 0.405 e. The zero-order valence-electron chi connectivity index (χ0n) is 18.7. The number of nitrogens with two attached hydrogens (primary N) is 2. The number of nitrogens with zero attached hydrogens (tertiary/aromatic N) is 1. The number of nitrogens with one attached hydrogen (secondary N) is 1. The Morgan fingerprint density at radius 3 is 2.44 bits per heavy atom. The Labute approximate surface area is 213 Å². The van der Waals surface area contributed by atoms with Gasteiger partial charge in [-0.2, -0.15) is 0 Å². The van der Waals surface area contributed by atoms with Gasteiger partial charge in [0.25, 0.3) is 5.91 Å². The number of rotatable bonds is 8. The Balaban J connectivity index is 1.54. The Bertz CT molecular complexity index is 1050. The zero-order valence-corrected chi connectivity index (χ0v) is 20.9. The highest BCUT2D eigenvalue weighted by atomic mass is 35.5. The highest BCUT2D eigenvalue weighted by Crippen LogP contribution is 2.30. The fourth-order valence-electron chi connectivity index (χ4n) is 3.92. The summed E-state index contributed by atoms with van der Waals surface area (Å²) in [7, 11) is 1.47. The quantitative estimate of drug-likeness (QED) is 0.433. The Hall–Kier alpha value is -2.39. The van der Waals surface area contributed by atoms with Gasteiger partial charge in [-0.3, -0.25) is 9.69 Å². The second-order valence-corrected chi connectivity index (χ2v) is 9.35. The lowest BCUT2D eigenvalue weighted by Crippen LogP contribution is -2.41. The van der Waals surface area contributed by atoms with Crippen LogP contribution < -0.4 is 21.5 Å². The first-order valence-corrected chi connectivity index (χ1v) is 11.9. The first kappa shape index (κ1) is 26.2. The van der Waals surface area contributed by atoms with Gasteiger partial charge in [0.05, 0.1) is 33.4 Å². The van der Waals surface area contributed by atoms with Crippen LogP contribution in [-0.4, -0.2) is 50.2 Å². The smallest absolute Gasteiger partial charge is 0.405 e. The van der Waals surface area contributed by atoms with E-state index in [1.165, 1.54) is 19.2 Å². The number of hydrogen-bond acceptors (Lipinski definition) is 6. The van der Waals surface area contributed by atoms with Crippen LogP contribution in [0.5, 0.6) is 5.75 Å². The summed E-state index contributed by atoms with van der Waals surface area (Å²) in [5, 5.41) is 4.10. The van der Waals surface area contributed by atoms with Crippen LogP contribution in [0.4, 0.5) is 10.5 Å². The molecule has 1 aliphatic rings. The van der Waals surface area contributed by atoms with Crippen LogP contribution in [0.25, 0.3) is 0 Å². The molecule has 1 aliphatic heterocycles. The molecule has 0 spiro atoms. The second kappa shape index (κ2) is 11.8. The molecule has 1 fully saturated rings. The predicted octanol–water partition coefficient (Wildman–Crippen LogP) is 4.52. The number of carbonyl (C=O) groups is 2. The molecule has 11 heteroatoms. The van der Waals surface area contributed by atoms with Crippen molar-refractivity contribution in [2.45, 2.75) is 18.9 Å². The third-order valence-corrected chi connectivity index (χ3v) is 6.89. The van der Waals surface area contributed by atoms with Crippen LogP contribution >= 0.6 is 34.8 Å². The Morgan fingerprint density at radius 1 is 1.12 bits per heavy atom. The van der Waals surface area contributed by atoms with Gasteiger partial charge < -0.3 is 26.3 Å². The van der Waals surface area contributed by atoms with Crippen molar-refractivity contribution in [1.29, 1.82) is 0 Å². The summed E-state index contributed by atoms with van der Waals surface area (Å²) in [6, 6.07) is 8.15. The van der Waals surface area contributed by atoms with Gasteiger partial charge in [0.2, 0.25) is 0 Å². The van der Waals surface area contributed by atoms with E-state index in [1.54, 1.807) is 18.2 Å². The van der Waals surface area contributed by atoms with Gasteiger partial charge in [-0.25, -0.2) is 4.79 Å². The number of ether oxygens (including phenoxy) is 2. The number of likely N-dealkylation sites (tertiary alicyclic amines) is 1. The van der Waals surface area contributed by atoms with Crippen molar-refractivity contribution in [1.82, 2.24) is 10.2 Å². The third kappa shape index (κ3) is 6.82. The SMILES string of the molecule is COc1cc(Cl)c(N)cc1C(=O)NCC1CCN(CC(OC(N)=O)c2ccc(Cl)c(Cl)c2)CC1. The molecule has 0 bridgehead atoms. The first-order chi connectivity index (χ1) is 16.2. The minimum atomic E-state index is -0.855. The summed E-state index contributed by atoms with van der Waals surface area (Å²) in [5.41, 5.74) is 12.5. The van der Waals surface area contributed by atoms with Crippen molar-refractivity contribution in [3.05, 3.63) is 56.5 Å². The van der Waals surface area contributed by atoms with E-state index in [4.69, 9.17) is 55.7 Å². The standard InChI is InChI=1S/C23H27Cl3N4O4/c1-33-20-10-18(26)19(27)9-15(20)22(31)29-11-13-4-6-30(7-5-13)12-21(34-23(28)32)14-2-3-16(24)17(25)8-14/h2-3,8-10,13,21H,4-7,11-12,27H2,1H3,(H2,28,32)(H,29,31). The summed E-state index contributed by atoms with van der Waals surface area (Å²) in [6.45, 7) is 2.54. The van der Waals surface area contributed by atoms with Gasteiger partial charge in [0.1, 0.15) is 11.9 Å². The summed E-state index contributed by atoms with van der Waals surface area (Å²) in [4.78, 5) is 26.3. The van der Waals surface area contributed by atoms with Crippen molar-refractivity contribution in [2.75, 3.05) is 39.0 Å². The van der Waals surface area contributed by atoms with E-state index in [0.29, 0.717) is 51.1 Å². The second-order valence-electron chi connectivity index (χ2n) is 8.13. The van der Waals surface area contributed by atoms with Crippen molar-refractivity contribution in [3.63, 3.8) is 0 Å². The molecule has 1 saturated heterocycles. The number of carbonyl (C=O) groups excluding carboxylic acids is 2. The Kier molecular flexibility index (Phi) is 9.13. The molecule has 2 amide bonds. The summed E-state index contributed by atoms with van der Waals surface area (Å²) >= 11 is 18.1. The lowest BCUT2D eigenvalue weighted by Gasteiger charge is -2.34. The predicted molar refractivity (Wildman–Crippen MR) is 134 cm³/mol. The van der Waals surface area contributed by atoms with Gasteiger partial charge in [0, 0.05) is 19.2 Å². The highest BCUT2D eigenvalue weighted by Gasteiger charge is 2.25. The maximum absolute atomic E-state index is 12.7. The van der Waals surface area contributed by atoms with Crippen LogP contribution in [0, 0.1) is 5.92 Å². The fraction of sp³-hybridized carbons (Fsp3) is 0.391. The Morgan fingerprint density at radius 2 is 1.82 bits per heavy atom. The molecule has 2 aromatic rings. The molecule has 184 valence electrons. The lowest BCUT2D eigenvalue weighted by molar-refractivity contribution is 0.0633. The molecule has 0 aliphatic carbocycles. The molecular formula is C23H27Cl3N4O4. The number of hydrogen-bond donors (Lipinski definition) is 3. The van der Waals surface area contributed by atoms with Gasteiger partial charge >= 0.3 is 6.09 Å². The van der Waals surface area contributed by atoms with E-state index in [2.05, 4.69) is 10.2 Å². The van der Waals surface area contributed by atoms with Gasteiger partial charge in [-0.1, -0.05) is 40.9 Å². The van der Waals surface area contributed by atoms with E-state index in [9.17, 15) is 9.59 Å². The minimum absolute atomic E-state index is 0.266. The molecule has 1 unspecified atom stereocenters. The molecule has 34 heavy (non-hydrogen) atoms. The molecule has 1 heterocycles. The number of primary amides is 1. The lowest BCUT2D eigenvalue weighted by atomic mass is 9.96. The third-order valence-electron chi connectivity index (χ3n) is 5.82. The molecule has 0 radical (unpaired) electrons. The number of piperidine rings is 1. The largest absolute Gasteiger partial charge is 0.496 e. The molecule has 0 saturated carbocycles. The molecular weight excluding hydrogens is 503 g/mol. The summed E-state index contributed by atoms with van der Waals surface area (Å²) < 4.78 is 10.6. The maximum atomic E-state index is 12.7. The topological polar surface area (TPSA) is 120 Å². The van der Waals surface area contributed by atoms with E-state index in [1.807, 2.05) is 0 Å². The number of amides is 2. The van der Waals surface area contributed by atoms with Gasteiger partial charge in [0.15, 0.2) is 0 Å². The molecule has 1 atom stereocenters. The van der Waals surface area contributed by atoms with Crippen molar-refractivity contribution >= 4 is 52.5 Å². The zero-order chi connectivity index (χ0) is 24.8. The van der Waals surface area contributed by atoms with Crippen molar-refractivity contribution in [3.8, 4) is 5.75 Å². The molecule has 5 N–H and O–H groups in total. The van der Waals surface area contributed by atoms with Crippen LogP contribution in [-0.2, 0) is 4.74 Å². The van der Waals surface area contributed by atoms with Crippen LogP contribution in [0.3, 0.4) is 0 Å².